The van der Waals surface area contributed by atoms with E-state index in [1.807, 2.05) is 24.3 Å². The van der Waals surface area contributed by atoms with Gasteiger partial charge in [0.2, 0.25) is 0 Å². The first-order valence-corrected chi connectivity index (χ1v) is 5.97. The zero-order valence-electron chi connectivity index (χ0n) is 8.78. The van der Waals surface area contributed by atoms with Crippen LogP contribution in [0.15, 0.2) is 53.9 Å². The molecule has 4 heteroatoms. The minimum absolute atomic E-state index is 0.212. The van der Waals surface area contributed by atoms with Crippen LogP contribution in [-0.4, -0.2) is 16.5 Å². The smallest absolute Gasteiger partial charge is 0.188 e. The first-order chi connectivity index (χ1) is 7.90. The summed E-state index contributed by atoms with van der Waals surface area (Å²) in [5.41, 5.74) is 6.99. The Hall–Kier alpha value is -1.39. The van der Waals surface area contributed by atoms with E-state index in [9.17, 15) is 0 Å². The van der Waals surface area contributed by atoms with E-state index in [1.54, 1.807) is 24.2 Å². The van der Waals surface area contributed by atoms with Gasteiger partial charge in [0.25, 0.3) is 0 Å². The van der Waals surface area contributed by atoms with Crippen LogP contribution < -0.4 is 5.73 Å². The van der Waals surface area contributed by atoms with Gasteiger partial charge >= 0.3 is 0 Å². The second kappa shape index (κ2) is 5.63. The number of aromatic nitrogens is 2. The standard InChI is InChI=1S/C12H13N3S/c13-9-11(10-5-2-1-3-6-10)16-12-14-7-4-8-15-12/h1-8,11H,9,13H2. The Morgan fingerprint density at radius 3 is 2.38 bits per heavy atom. The zero-order valence-corrected chi connectivity index (χ0v) is 9.60. The van der Waals surface area contributed by atoms with Gasteiger partial charge in [-0.2, -0.15) is 0 Å². The Kier molecular flexibility index (Phi) is 3.91. The van der Waals surface area contributed by atoms with Crippen molar-refractivity contribution in [1.29, 1.82) is 0 Å². The monoisotopic (exact) mass is 231 g/mol. The van der Waals surface area contributed by atoms with E-state index in [-0.39, 0.29) is 5.25 Å². The zero-order chi connectivity index (χ0) is 11.2. The fourth-order valence-corrected chi connectivity index (χ4v) is 2.28. The highest BCUT2D eigenvalue weighted by atomic mass is 32.2. The van der Waals surface area contributed by atoms with Crippen molar-refractivity contribution >= 4 is 11.8 Å². The lowest BCUT2D eigenvalue weighted by Gasteiger charge is -2.13. The lowest BCUT2D eigenvalue weighted by Crippen LogP contribution is -2.09. The average Bonchev–Trinajstić information content (AvgIpc) is 2.38. The molecule has 16 heavy (non-hydrogen) atoms. The quantitative estimate of drug-likeness (QED) is 0.648. The van der Waals surface area contributed by atoms with Crippen LogP contribution in [0.2, 0.25) is 0 Å². The molecular formula is C12H13N3S. The summed E-state index contributed by atoms with van der Waals surface area (Å²) in [4.78, 5) is 8.38. The normalized spacial score (nSPS) is 12.3. The average molecular weight is 231 g/mol. The van der Waals surface area contributed by atoms with Crippen LogP contribution >= 0.6 is 11.8 Å². The first-order valence-electron chi connectivity index (χ1n) is 5.09. The summed E-state index contributed by atoms with van der Waals surface area (Å²) >= 11 is 1.59. The second-order valence-electron chi connectivity index (χ2n) is 3.28. The molecule has 0 amide bonds. The molecule has 2 aromatic rings. The fraction of sp³-hybridized carbons (Fsp3) is 0.167. The van der Waals surface area contributed by atoms with E-state index >= 15 is 0 Å². The molecule has 2 N–H and O–H groups in total. The summed E-state index contributed by atoms with van der Waals surface area (Å²) in [6.45, 7) is 0.576. The van der Waals surface area contributed by atoms with Crippen LogP contribution in [0.4, 0.5) is 0 Å². The van der Waals surface area contributed by atoms with E-state index in [4.69, 9.17) is 5.73 Å². The molecule has 0 saturated carbocycles. The minimum atomic E-state index is 0.212. The van der Waals surface area contributed by atoms with Gasteiger partial charge in [-0.25, -0.2) is 9.97 Å². The van der Waals surface area contributed by atoms with Crippen LogP contribution in [0, 0.1) is 0 Å². The molecule has 3 nitrogen and oxygen atoms in total. The lowest BCUT2D eigenvalue weighted by molar-refractivity contribution is 0.909. The van der Waals surface area contributed by atoms with E-state index < -0.39 is 0 Å². The molecule has 0 aliphatic carbocycles. The van der Waals surface area contributed by atoms with Crippen molar-refractivity contribution in [3.05, 3.63) is 54.4 Å². The number of hydrogen-bond acceptors (Lipinski definition) is 4. The van der Waals surface area contributed by atoms with E-state index in [0.29, 0.717) is 6.54 Å². The molecule has 1 unspecified atom stereocenters. The Morgan fingerprint density at radius 2 is 1.75 bits per heavy atom. The third-order valence-corrected chi connectivity index (χ3v) is 3.35. The van der Waals surface area contributed by atoms with Gasteiger partial charge in [0.05, 0.1) is 0 Å². The van der Waals surface area contributed by atoms with Crippen LogP contribution in [0.1, 0.15) is 10.8 Å². The highest BCUT2D eigenvalue weighted by molar-refractivity contribution is 7.99. The first kappa shape index (κ1) is 11.1. The van der Waals surface area contributed by atoms with Gasteiger partial charge in [0.1, 0.15) is 0 Å². The summed E-state index contributed by atoms with van der Waals surface area (Å²) in [6, 6.07) is 12.0. The molecule has 2 rings (SSSR count). The molecule has 0 aliphatic heterocycles. The lowest BCUT2D eigenvalue weighted by atomic mass is 10.1. The third-order valence-electron chi connectivity index (χ3n) is 2.18. The van der Waals surface area contributed by atoms with Gasteiger partial charge in [-0.3, -0.25) is 0 Å². The van der Waals surface area contributed by atoms with Crippen molar-refractivity contribution in [3.8, 4) is 0 Å². The molecule has 0 fully saturated rings. The predicted octanol–water partition coefficient (Wildman–Crippen LogP) is 2.27. The maximum Gasteiger partial charge on any atom is 0.188 e. The topological polar surface area (TPSA) is 51.8 Å². The molecule has 82 valence electrons. The predicted molar refractivity (Wildman–Crippen MR) is 66.1 cm³/mol. The summed E-state index contributed by atoms with van der Waals surface area (Å²) < 4.78 is 0. The molecule has 0 saturated heterocycles. The highest BCUT2D eigenvalue weighted by Gasteiger charge is 2.11. The minimum Gasteiger partial charge on any atom is -0.329 e. The van der Waals surface area contributed by atoms with Crippen molar-refractivity contribution < 1.29 is 0 Å². The maximum atomic E-state index is 5.78. The summed E-state index contributed by atoms with van der Waals surface area (Å²) in [6.07, 6.45) is 3.49. The van der Waals surface area contributed by atoms with Crippen LogP contribution in [0.5, 0.6) is 0 Å². The Morgan fingerprint density at radius 1 is 1.06 bits per heavy atom. The van der Waals surface area contributed by atoms with Gasteiger partial charge < -0.3 is 5.73 Å². The van der Waals surface area contributed by atoms with Gasteiger partial charge in [-0.1, -0.05) is 42.1 Å². The molecule has 1 aromatic heterocycles. The Labute approximate surface area is 99.1 Å². The molecule has 0 aliphatic rings. The maximum absolute atomic E-state index is 5.78. The molecule has 1 heterocycles. The van der Waals surface area contributed by atoms with Crippen LogP contribution in [0.25, 0.3) is 0 Å². The van der Waals surface area contributed by atoms with Crippen molar-refractivity contribution in [2.24, 2.45) is 5.73 Å². The number of hydrogen-bond donors (Lipinski definition) is 1. The summed E-state index contributed by atoms with van der Waals surface area (Å²) in [5, 5.41) is 0.977. The van der Waals surface area contributed by atoms with E-state index in [1.165, 1.54) is 5.56 Å². The SMILES string of the molecule is NCC(Sc1ncccn1)c1ccccc1. The summed E-state index contributed by atoms with van der Waals surface area (Å²) in [5.74, 6) is 0. The summed E-state index contributed by atoms with van der Waals surface area (Å²) in [7, 11) is 0. The van der Waals surface area contributed by atoms with Crippen molar-refractivity contribution in [3.63, 3.8) is 0 Å². The number of nitrogens with zero attached hydrogens (tertiary/aromatic N) is 2. The van der Waals surface area contributed by atoms with Crippen LogP contribution in [0.3, 0.4) is 0 Å². The van der Waals surface area contributed by atoms with E-state index in [0.717, 1.165) is 5.16 Å². The van der Waals surface area contributed by atoms with Crippen molar-refractivity contribution in [2.45, 2.75) is 10.4 Å². The second-order valence-corrected chi connectivity index (χ2v) is 4.45. The van der Waals surface area contributed by atoms with Gasteiger partial charge in [0.15, 0.2) is 5.16 Å². The van der Waals surface area contributed by atoms with E-state index in [2.05, 4.69) is 22.1 Å². The molecular weight excluding hydrogens is 218 g/mol. The number of benzene rings is 1. The molecule has 1 atom stereocenters. The Balaban J connectivity index is 2.13. The van der Waals surface area contributed by atoms with Gasteiger partial charge in [-0.05, 0) is 11.6 Å². The Bertz CT molecular complexity index is 419. The molecule has 1 aromatic carbocycles. The highest BCUT2D eigenvalue weighted by Crippen LogP contribution is 2.31. The van der Waals surface area contributed by atoms with Crippen LogP contribution in [-0.2, 0) is 0 Å². The van der Waals surface area contributed by atoms with Crippen molar-refractivity contribution in [1.82, 2.24) is 9.97 Å². The molecule has 0 bridgehead atoms. The fourth-order valence-electron chi connectivity index (χ4n) is 1.39. The molecule has 0 spiro atoms. The van der Waals surface area contributed by atoms with Crippen molar-refractivity contribution in [2.75, 3.05) is 6.54 Å². The number of rotatable bonds is 4. The number of thioether (sulfide) groups is 1. The third kappa shape index (κ3) is 2.81. The largest absolute Gasteiger partial charge is 0.329 e. The number of nitrogens with two attached hydrogens (primary N) is 1. The van der Waals surface area contributed by atoms with Gasteiger partial charge in [0, 0.05) is 24.2 Å². The molecule has 0 radical (unpaired) electrons. The van der Waals surface area contributed by atoms with Gasteiger partial charge in [-0.15, -0.1) is 0 Å².